The Bertz CT molecular complexity index is 923. The number of aryl methyl sites for hydroxylation is 1. The van der Waals surface area contributed by atoms with Gasteiger partial charge < -0.3 is 27.1 Å². The minimum absolute atomic E-state index is 0. The van der Waals surface area contributed by atoms with Crippen LogP contribution >= 0.6 is 0 Å². The average Bonchev–Trinajstić information content (AvgIpc) is 3.11. The molecule has 28 heavy (non-hydrogen) atoms. The van der Waals surface area contributed by atoms with E-state index in [1.807, 2.05) is 44.2 Å². The van der Waals surface area contributed by atoms with Crippen molar-refractivity contribution >= 4 is 17.4 Å². The monoisotopic (exact) mass is 398 g/mol. The first-order valence-corrected chi connectivity index (χ1v) is 8.62. The van der Waals surface area contributed by atoms with Gasteiger partial charge in [0.1, 0.15) is 0 Å². The molecular weight excluding hydrogens is 377 g/mol. The molecule has 7 heteroatoms. The standard InChI is InChI=1S/C21H21N5O.K/c1-15-11-20(25-13-15)24-10-9-23-16(2)17-5-3-7-19(12-17)26-21(27)18-6-4-8-22-14-18;/h3-8,10-14,16,23H,1-2H3,(H,24,25)(H,26,27);/q-2;+1. The van der Waals surface area contributed by atoms with E-state index < -0.39 is 0 Å². The molecule has 0 saturated carbocycles. The summed E-state index contributed by atoms with van der Waals surface area (Å²) >= 11 is 0. The molecule has 0 aliphatic rings. The quantitative estimate of drug-likeness (QED) is 0.312. The van der Waals surface area contributed by atoms with Gasteiger partial charge in [0.2, 0.25) is 0 Å². The van der Waals surface area contributed by atoms with E-state index in [1.54, 1.807) is 36.9 Å². The van der Waals surface area contributed by atoms with E-state index in [1.165, 1.54) is 0 Å². The second-order valence-electron chi connectivity index (χ2n) is 6.15. The number of pyridine rings is 1. The Balaban J connectivity index is 0.00000280. The van der Waals surface area contributed by atoms with E-state index in [-0.39, 0.29) is 63.3 Å². The zero-order valence-corrected chi connectivity index (χ0v) is 19.4. The van der Waals surface area contributed by atoms with Crippen molar-refractivity contribution in [3.8, 4) is 0 Å². The fourth-order valence-corrected chi connectivity index (χ4v) is 2.49. The summed E-state index contributed by atoms with van der Waals surface area (Å²) < 4.78 is 0. The summed E-state index contributed by atoms with van der Waals surface area (Å²) in [6.07, 6.45) is 9.67. The third kappa shape index (κ3) is 6.61. The summed E-state index contributed by atoms with van der Waals surface area (Å²) in [7, 11) is 0. The number of hydrogen-bond acceptors (Lipinski definition) is 5. The van der Waals surface area contributed by atoms with Crippen LogP contribution in [-0.4, -0.2) is 15.9 Å². The Morgan fingerprint density at radius 1 is 1.25 bits per heavy atom. The van der Waals surface area contributed by atoms with Gasteiger partial charge in [-0.1, -0.05) is 19.1 Å². The van der Waals surface area contributed by atoms with E-state index in [0.29, 0.717) is 5.56 Å². The number of rotatable bonds is 7. The molecule has 2 aromatic heterocycles. The predicted molar refractivity (Wildman–Crippen MR) is 106 cm³/mol. The van der Waals surface area contributed by atoms with Crippen molar-refractivity contribution in [1.82, 2.24) is 15.3 Å². The van der Waals surface area contributed by atoms with Gasteiger partial charge in [-0.05, 0) is 36.8 Å². The summed E-state index contributed by atoms with van der Waals surface area (Å²) in [5.74, 6) is 0.601. The fraction of sp³-hybridized carbons (Fsp3) is 0.143. The minimum Gasteiger partial charge on any atom is -0.560 e. The predicted octanol–water partition coefficient (Wildman–Crippen LogP) is 0.797. The van der Waals surface area contributed by atoms with Crippen LogP contribution in [0.25, 0.3) is 0 Å². The van der Waals surface area contributed by atoms with E-state index in [4.69, 9.17) is 0 Å². The van der Waals surface area contributed by atoms with Gasteiger partial charge >= 0.3 is 51.4 Å². The minimum atomic E-state index is -0.186. The molecule has 6 nitrogen and oxygen atoms in total. The Kier molecular flexibility index (Phi) is 8.94. The van der Waals surface area contributed by atoms with Crippen molar-refractivity contribution in [3.05, 3.63) is 90.1 Å². The van der Waals surface area contributed by atoms with Gasteiger partial charge in [-0.2, -0.15) is 17.8 Å². The first-order valence-electron chi connectivity index (χ1n) is 8.62. The molecule has 1 aromatic carbocycles. The largest absolute Gasteiger partial charge is 1.00 e. The van der Waals surface area contributed by atoms with Crippen LogP contribution in [0.4, 0.5) is 11.5 Å². The number of aromatic nitrogens is 2. The Hall–Kier alpha value is -1.90. The number of hydrogen-bond donors (Lipinski definition) is 3. The van der Waals surface area contributed by atoms with Gasteiger partial charge in [0.25, 0.3) is 5.91 Å². The molecule has 138 valence electrons. The van der Waals surface area contributed by atoms with Crippen LogP contribution in [0.1, 0.15) is 34.5 Å². The number of carbonyl (C=O) groups excluding carboxylic acids is 1. The number of amides is 1. The van der Waals surface area contributed by atoms with Crippen molar-refractivity contribution in [2.75, 3.05) is 10.6 Å². The maximum Gasteiger partial charge on any atom is 1.00 e. The maximum atomic E-state index is 12.2. The van der Waals surface area contributed by atoms with Gasteiger partial charge in [0.15, 0.2) is 0 Å². The smallest absolute Gasteiger partial charge is 0.560 e. The molecule has 1 atom stereocenters. The van der Waals surface area contributed by atoms with Crippen LogP contribution < -0.4 is 67.3 Å². The number of nitrogens with zero attached hydrogens (tertiary/aromatic N) is 2. The third-order valence-corrected chi connectivity index (χ3v) is 3.93. The van der Waals surface area contributed by atoms with Gasteiger partial charge in [-0.25, -0.2) is 0 Å². The molecule has 0 spiro atoms. The fourth-order valence-electron chi connectivity index (χ4n) is 2.49. The van der Waals surface area contributed by atoms with Crippen LogP contribution in [0.3, 0.4) is 0 Å². The van der Waals surface area contributed by atoms with Crippen molar-refractivity contribution in [3.63, 3.8) is 0 Å². The van der Waals surface area contributed by atoms with Crippen molar-refractivity contribution in [1.29, 1.82) is 0 Å². The van der Waals surface area contributed by atoms with Gasteiger partial charge in [-0.3, -0.25) is 9.78 Å². The van der Waals surface area contributed by atoms with Crippen LogP contribution in [0.15, 0.2) is 67.3 Å². The summed E-state index contributed by atoms with van der Waals surface area (Å²) in [5.41, 5.74) is 3.39. The van der Waals surface area contributed by atoms with Crippen molar-refractivity contribution in [2.45, 2.75) is 19.9 Å². The molecule has 0 saturated heterocycles. The molecule has 0 fully saturated rings. The van der Waals surface area contributed by atoms with Crippen LogP contribution in [0.5, 0.6) is 0 Å². The molecule has 0 aliphatic heterocycles. The van der Waals surface area contributed by atoms with E-state index in [0.717, 1.165) is 22.6 Å². The van der Waals surface area contributed by atoms with Crippen LogP contribution in [-0.2, 0) is 0 Å². The SMILES string of the molecule is Cc1cnc(NC=[C-]NC(C)c2cccc(NC(=O)c3cccnc3)c2)[cH-]1.[K+]. The van der Waals surface area contributed by atoms with Crippen molar-refractivity contribution < 1.29 is 56.2 Å². The molecule has 0 aliphatic carbocycles. The molecule has 0 bridgehead atoms. The zero-order chi connectivity index (χ0) is 19.1. The molecule has 2 heterocycles. The Morgan fingerprint density at radius 3 is 2.82 bits per heavy atom. The summed E-state index contributed by atoms with van der Waals surface area (Å²) in [5, 5.41) is 9.11. The number of nitrogens with one attached hydrogen (secondary N) is 3. The Labute approximate surface area is 207 Å². The molecule has 1 amide bonds. The first-order chi connectivity index (χ1) is 13.1. The molecule has 3 N–H and O–H groups in total. The third-order valence-electron chi connectivity index (χ3n) is 3.93. The molecule has 1 unspecified atom stereocenters. The van der Waals surface area contributed by atoms with E-state index in [2.05, 4.69) is 32.1 Å². The molecule has 3 aromatic rings. The number of carbonyl (C=O) groups is 1. The van der Waals surface area contributed by atoms with Crippen LogP contribution in [0, 0.1) is 13.1 Å². The van der Waals surface area contributed by atoms with Crippen molar-refractivity contribution in [2.24, 2.45) is 0 Å². The summed E-state index contributed by atoms with van der Waals surface area (Å²) in [6.45, 7) is 4.01. The molecule has 3 rings (SSSR count). The topological polar surface area (TPSA) is 78.9 Å². The average molecular weight is 399 g/mol. The summed E-state index contributed by atoms with van der Waals surface area (Å²) in [4.78, 5) is 20.4. The zero-order valence-electron chi connectivity index (χ0n) is 16.2. The van der Waals surface area contributed by atoms with Gasteiger partial charge in [0, 0.05) is 29.9 Å². The molecular formula is C21H21KN5O-. The second kappa shape index (κ2) is 11.2. The number of anilines is 2. The van der Waals surface area contributed by atoms with Crippen LogP contribution in [0.2, 0.25) is 0 Å². The molecule has 0 radical (unpaired) electrons. The second-order valence-corrected chi connectivity index (χ2v) is 6.15. The maximum absolute atomic E-state index is 12.2. The van der Waals surface area contributed by atoms with E-state index >= 15 is 0 Å². The summed E-state index contributed by atoms with van der Waals surface area (Å²) in [6, 6.07) is 13.1. The van der Waals surface area contributed by atoms with E-state index in [9.17, 15) is 4.79 Å². The van der Waals surface area contributed by atoms with Gasteiger partial charge in [0.05, 0.1) is 5.56 Å². The Morgan fingerprint density at radius 2 is 2.11 bits per heavy atom. The first kappa shape index (κ1) is 22.4. The number of benzene rings is 1. The normalized spacial score (nSPS) is 11.5. The van der Waals surface area contributed by atoms with Gasteiger partial charge in [-0.15, -0.1) is 6.20 Å².